The minimum Gasteiger partial charge on any atom is -0.468 e. The average molecular weight is 262 g/mol. The SMILES string of the molecule is Cc1occc1S(=O)Cc1cnc(Cl)s1. The first kappa shape index (κ1) is 10.9. The molecular formula is C9H8ClNO2S2. The summed E-state index contributed by atoms with van der Waals surface area (Å²) in [6.07, 6.45) is 3.20. The Balaban J connectivity index is 2.14. The van der Waals surface area contributed by atoms with Gasteiger partial charge in [-0.2, -0.15) is 0 Å². The summed E-state index contributed by atoms with van der Waals surface area (Å²) < 4.78 is 17.5. The van der Waals surface area contributed by atoms with Crippen LogP contribution in [0.3, 0.4) is 0 Å². The Morgan fingerprint density at radius 3 is 3.00 bits per heavy atom. The molecule has 0 aliphatic rings. The lowest BCUT2D eigenvalue weighted by Gasteiger charge is -1.96. The van der Waals surface area contributed by atoms with Crippen LogP contribution in [0, 0.1) is 6.92 Å². The number of aromatic nitrogens is 1. The first-order chi connectivity index (χ1) is 7.16. The van der Waals surface area contributed by atoms with E-state index in [0.29, 0.717) is 16.0 Å². The Kier molecular flexibility index (Phi) is 3.23. The fraction of sp³-hybridized carbons (Fsp3) is 0.222. The Morgan fingerprint density at radius 2 is 2.47 bits per heavy atom. The number of hydrogen-bond donors (Lipinski definition) is 0. The molecule has 0 fully saturated rings. The van der Waals surface area contributed by atoms with Crippen molar-refractivity contribution in [1.82, 2.24) is 4.98 Å². The minimum absolute atomic E-state index is 0.435. The van der Waals surface area contributed by atoms with Crippen LogP contribution in [0.2, 0.25) is 4.47 Å². The maximum atomic E-state index is 11.9. The molecule has 0 radical (unpaired) electrons. The van der Waals surface area contributed by atoms with Crippen LogP contribution in [0.1, 0.15) is 10.6 Å². The summed E-state index contributed by atoms with van der Waals surface area (Å²) in [5.74, 6) is 1.13. The van der Waals surface area contributed by atoms with E-state index in [1.54, 1.807) is 25.5 Å². The van der Waals surface area contributed by atoms with E-state index < -0.39 is 10.8 Å². The highest BCUT2D eigenvalue weighted by molar-refractivity contribution is 7.84. The second-order valence-electron chi connectivity index (χ2n) is 2.91. The zero-order valence-electron chi connectivity index (χ0n) is 7.90. The lowest BCUT2D eigenvalue weighted by Crippen LogP contribution is -1.94. The van der Waals surface area contributed by atoms with Gasteiger partial charge in [0.2, 0.25) is 0 Å². The van der Waals surface area contributed by atoms with Gasteiger partial charge >= 0.3 is 0 Å². The van der Waals surface area contributed by atoms with E-state index in [2.05, 4.69) is 4.98 Å². The molecule has 2 rings (SSSR count). The molecule has 0 aliphatic carbocycles. The van der Waals surface area contributed by atoms with Gasteiger partial charge in [-0.15, -0.1) is 11.3 Å². The fourth-order valence-corrected chi connectivity index (χ4v) is 3.56. The third-order valence-electron chi connectivity index (χ3n) is 1.86. The standard InChI is InChI=1S/C9H8ClNO2S2/c1-6-8(2-3-13-6)15(12)5-7-4-11-9(10)14-7/h2-4H,5H2,1H3. The third kappa shape index (κ3) is 2.48. The predicted octanol–water partition coefficient (Wildman–Crippen LogP) is 3.01. The summed E-state index contributed by atoms with van der Waals surface area (Å²) >= 11 is 7.04. The number of aryl methyl sites for hydroxylation is 1. The largest absolute Gasteiger partial charge is 0.468 e. The molecule has 0 aliphatic heterocycles. The first-order valence-corrected chi connectivity index (χ1v) is 6.71. The molecule has 2 aromatic heterocycles. The summed E-state index contributed by atoms with van der Waals surface area (Å²) in [6, 6.07) is 1.73. The van der Waals surface area contributed by atoms with Crippen LogP contribution in [0.15, 0.2) is 27.8 Å². The van der Waals surface area contributed by atoms with Crippen LogP contribution in [0.4, 0.5) is 0 Å². The number of thiazole rings is 1. The molecule has 6 heteroatoms. The predicted molar refractivity (Wildman–Crippen MR) is 60.7 cm³/mol. The molecule has 0 amide bonds. The Bertz CT molecular complexity index is 492. The van der Waals surface area contributed by atoms with Gasteiger partial charge < -0.3 is 4.42 Å². The van der Waals surface area contributed by atoms with Gasteiger partial charge in [0.15, 0.2) is 4.47 Å². The summed E-state index contributed by atoms with van der Waals surface area (Å²) in [7, 11) is -1.08. The van der Waals surface area contributed by atoms with Crippen molar-refractivity contribution in [2.75, 3.05) is 0 Å². The highest BCUT2D eigenvalue weighted by Crippen LogP contribution is 2.22. The average Bonchev–Trinajstić information content (AvgIpc) is 2.75. The fourth-order valence-electron chi connectivity index (χ4n) is 1.17. The summed E-state index contributed by atoms with van der Waals surface area (Å²) in [4.78, 5) is 5.55. The van der Waals surface area contributed by atoms with E-state index in [1.165, 1.54) is 11.3 Å². The van der Waals surface area contributed by atoms with Gasteiger partial charge in [0.1, 0.15) is 5.76 Å². The topological polar surface area (TPSA) is 43.1 Å². The number of rotatable bonds is 3. The lowest BCUT2D eigenvalue weighted by atomic mass is 10.5. The van der Waals surface area contributed by atoms with Crippen LogP contribution in [-0.2, 0) is 16.6 Å². The normalized spacial score (nSPS) is 12.9. The molecule has 1 unspecified atom stereocenters. The van der Waals surface area contributed by atoms with E-state index >= 15 is 0 Å². The van der Waals surface area contributed by atoms with Gasteiger partial charge in [-0.3, -0.25) is 4.21 Å². The molecule has 2 aromatic rings. The van der Waals surface area contributed by atoms with E-state index in [-0.39, 0.29) is 0 Å². The van der Waals surface area contributed by atoms with E-state index in [4.69, 9.17) is 16.0 Å². The molecule has 2 heterocycles. The van der Waals surface area contributed by atoms with Crippen LogP contribution in [0.5, 0.6) is 0 Å². The van der Waals surface area contributed by atoms with Crippen molar-refractivity contribution < 1.29 is 8.63 Å². The summed E-state index contributed by atoms with van der Waals surface area (Å²) in [5, 5.41) is 0. The summed E-state index contributed by atoms with van der Waals surface area (Å²) in [5.41, 5.74) is 0. The smallest absolute Gasteiger partial charge is 0.183 e. The molecule has 0 saturated heterocycles. The van der Waals surface area contributed by atoms with Gasteiger partial charge in [-0.05, 0) is 13.0 Å². The first-order valence-electron chi connectivity index (χ1n) is 4.19. The molecule has 0 spiro atoms. The Morgan fingerprint density at radius 1 is 1.67 bits per heavy atom. The number of halogens is 1. The van der Waals surface area contributed by atoms with Crippen molar-refractivity contribution in [3.8, 4) is 0 Å². The Labute approximate surface area is 98.6 Å². The maximum absolute atomic E-state index is 11.9. The molecule has 0 saturated carbocycles. The highest BCUT2D eigenvalue weighted by atomic mass is 35.5. The van der Waals surface area contributed by atoms with E-state index in [1.807, 2.05) is 0 Å². The van der Waals surface area contributed by atoms with Crippen molar-refractivity contribution in [2.45, 2.75) is 17.6 Å². The second-order valence-corrected chi connectivity index (χ2v) is 6.03. The van der Waals surface area contributed by atoms with Gasteiger partial charge in [-0.25, -0.2) is 4.98 Å². The third-order valence-corrected chi connectivity index (χ3v) is 4.64. The van der Waals surface area contributed by atoms with Crippen LogP contribution in [-0.4, -0.2) is 9.19 Å². The molecule has 0 aromatic carbocycles. The van der Waals surface area contributed by atoms with Crippen molar-refractivity contribution in [1.29, 1.82) is 0 Å². The van der Waals surface area contributed by atoms with Crippen molar-refractivity contribution in [2.24, 2.45) is 0 Å². The van der Waals surface area contributed by atoms with Crippen LogP contribution in [0.25, 0.3) is 0 Å². The van der Waals surface area contributed by atoms with Crippen LogP contribution < -0.4 is 0 Å². The molecule has 0 N–H and O–H groups in total. The molecule has 80 valence electrons. The molecule has 15 heavy (non-hydrogen) atoms. The highest BCUT2D eigenvalue weighted by Gasteiger charge is 2.12. The second kappa shape index (κ2) is 4.47. The van der Waals surface area contributed by atoms with Crippen molar-refractivity contribution in [3.63, 3.8) is 0 Å². The summed E-state index contributed by atoms with van der Waals surface area (Å²) in [6.45, 7) is 1.80. The zero-order valence-corrected chi connectivity index (χ0v) is 10.3. The monoisotopic (exact) mass is 261 g/mol. The molecule has 1 atom stereocenters. The molecule has 3 nitrogen and oxygen atoms in total. The van der Waals surface area contributed by atoms with E-state index in [9.17, 15) is 4.21 Å². The minimum atomic E-state index is -1.08. The Hall–Kier alpha value is -0.650. The molecular weight excluding hydrogens is 254 g/mol. The van der Waals surface area contributed by atoms with Gasteiger partial charge in [-0.1, -0.05) is 11.6 Å². The van der Waals surface area contributed by atoms with E-state index in [0.717, 1.165) is 9.77 Å². The number of hydrogen-bond acceptors (Lipinski definition) is 4. The zero-order chi connectivity index (χ0) is 10.8. The van der Waals surface area contributed by atoms with Gasteiger partial charge in [0.25, 0.3) is 0 Å². The number of furan rings is 1. The van der Waals surface area contributed by atoms with Gasteiger partial charge in [0, 0.05) is 11.1 Å². The lowest BCUT2D eigenvalue weighted by molar-refractivity contribution is 0.526. The number of nitrogens with zero attached hydrogens (tertiary/aromatic N) is 1. The van der Waals surface area contributed by atoms with Gasteiger partial charge in [0.05, 0.1) is 27.7 Å². The molecule has 0 bridgehead atoms. The van der Waals surface area contributed by atoms with Crippen molar-refractivity contribution >= 4 is 33.7 Å². The quantitative estimate of drug-likeness (QED) is 0.853. The van der Waals surface area contributed by atoms with Crippen molar-refractivity contribution in [3.05, 3.63) is 33.6 Å². The maximum Gasteiger partial charge on any atom is 0.183 e. The van der Waals surface area contributed by atoms with Crippen LogP contribution >= 0.6 is 22.9 Å².